The maximum absolute atomic E-state index is 9.92. The second kappa shape index (κ2) is 2.90. The minimum Gasteiger partial charge on any atom is -0.396 e. The molecule has 2 fully saturated rings. The van der Waals surface area contributed by atoms with Crippen LogP contribution in [-0.2, 0) is 4.74 Å². The number of epoxide rings is 1. The SMILES string of the molecule is OC[C@H]1C[C@H](O)[C@@H]2O[C@@H]2[C@@]1(O)CO. The smallest absolute Gasteiger partial charge is 0.121 e. The summed E-state index contributed by atoms with van der Waals surface area (Å²) in [7, 11) is 0. The van der Waals surface area contributed by atoms with E-state index in [0.29, 0.717) is 0 Å². The average molecular weight is 190 g/mol. The maximum atomic E-state index is 9.92. The zero-order valence-corrected chi connectivity index (χ0v) is 7.13. The zero-order valence-electron chi connectivity index (χ0n) is 7.13. The third-order valence-corrected chi connectivity index (χ3v) is 3.10. The van der Waals surface area contributed by atoms with E-state index in [1.165, 1.54) is 0 Å². The fourth-order valence-corrected chi connectivity index (χ4v) is 2.13. The van der Waals surface area contributed by atoms with Gasteiger partial charge >= 0.3 is 0 Å². The normalized spacial score (nSPS) is 54.5. The van der Waals surface area contributed by atoms with Crippen LogP contribution in [0.3, 0.4) is 0 Å². The average Bonchev–Trinajstić information content (AvgIpc) is 2.91. The molecule has 5 nitrogen and oxygen atoms in total. The molecule has 1 saturated heterocycles. The fourth-order valence-electron chi connectivity index (χ4n) is 2.13. The van der Waals surface area contributed by atoms with E-state index < -0.39 is 30.3 Å². The second-order valence-electron chi connectivity index (χ2n) is 3.85. The van der Waals surface area contributed by atoms with Crippen LogP contribution in [0, 0.1) is 5.92 Å². The molecule has 0 bridgehead atoms. The van der Waals surface area contributed by atoms with Gasteiger partial charge in [-0.15, -0.1) is 0 Å². The highest BCUT2D eigenvalue weighted by atomic mass is 16.6. The van der Waals surface area contributed by atoms with Gasteiger partial charge in [-0.05, 0) is 6.42 Å². The molecule has 5 heteroatoms. The quantitative estimate of drug-likeness (QED) is 0.372. The number of aliphatic hydroxyl groups excluding tert-OH is 3. The summed E-state index contributed by atoms with van der Waals surface area (Å²) in [5.74, 6) is -0.503. The van der Waals surface area contributed by atoms with Gasteiger partial charge in [-0.2, -0.15) is 0 Å². The van der Waals surface area contributed by atoms with E-state index in [1.54, 1.807) is 0 Å². The molecule has 1 heterocycles. The lowest BCUT2D eigenvalue weighted by Gasteiger charge is -2.36. The second-order valence-corrected chi connectivity index (χ2v) is 3.85. The van der Waals surface area contributed by atoms with Gasteiger partial charge < -0.3 is 25.2 Å². The van der Waals surface area contributed by atoms with E-state index in [-0.39, 0.29) is 19.1 Å². The van der Waals surface area contributed by atoms with E-state index in [1.807, 2.05) is 0 Å². The summed E-state index contributed by atoms with van der Waals surface area (Å²) in [6.07, 6.45) is -1.23. The van der Waals surface area contributed by atoms with Gasteiger partial charge in [0.25, 0.3) is 0 Å². The van der Waals surface area contributed by atoms with Crippen molar-refractivity contribution in [1.29, 1.82) is 0 Å². The van der Waals surface area contributed by atoms with Gasteiger partial charge in [-0.25, -0.2) is 0 Å². The topological polar surface area (TPSA) is 93.5 Å². The third kappa shape index (κ3) is 1.19. The highest BCUT2D eigenvalue weighted by Crippen LogP contribution is 2.46. The Hall–Kier alpha value is -0.200. The molecule has 0 amide bonds. The molecule has 4 N–H and O–H groups in total. The Morgan fingerprint density at radius 3 is 2.62 bits per heavy atom. The van der Waals surface area contributed by atoms with Gasteiger partial charge in [0, 0.05) is 12.5 Å². The molecule has 0 aromatic rings. The van der Waals surface area contributed by atoms with Crippen molar-refractivity contribution in [2.45, 2.75) is 30.3 Å². The van der Waals surface area contributed by atoms with Crippen LogP contribution in [-0.4, -0.2) is 57.6 Å². The predicted molar refractivity (Wildman–Crippen MR) is 41.9 cm³/mol. The Bertz CT molecular complexity index is 209. The molecule has 13 heavy (non-hydrogen) atoms. The number of aliphatic hydroxyl groups is 4. The molecule has 0 radical (unpaired) electrons. The largest absolute Gasteiger partial charge is 0.396 e. The monoisotopic (exact) mass is 190 g/mol. The molecule has 2 rings (SSSR count). The van der Waals surface area contributed by atoms with Crippen LogP contribution in [0.5, 0.6) is 0 Å². The molecule has 5 atom stereocenters. The summed E-state index contributed by atoms with van der Waals surface area (Å²) >= 11 is 0. The van der Waals surface area contributed by atoms with E-state index in [4.69, 9.17) is 14.9 Å². The van der Waals surface area contributed by atoms with Crippen molar-refractivity contribution in [2.24, 2.45) is 5.92 Å². The van der Waals surface area contributed by atoms with Crippen LogP contribution in [0.25, 0.3) is 0 Å². The van der Waals surface area contributed by atoms with E-state index in [9.17, 15) is 10.2 Å². The fraction of sp³-hybridized carbons (Fsp3) is 1.00. The lowest BCUT2D eigenvalue weighted by molar-refractivity contribution is -0.112. The van der Waals surface area contributed by atoms with E-state index >= 15 is 0 Å². The van der Waals surface area contributed by atoms with Crippen LogP contribution in [0.15, 0.2) is 0 Å². The van der Waals surface area contributed by atoms with Crippen LogP contribution in [0.1, 0.15) is 6.42 Å². The molecular weight excluding hydrogens is 176 g/mol. The molecule has 0 unspecified atom stereocenters. The molecule has 0 aromatic carbocycles. The Kier molecular flexibility index (Phi) is 2.08. The van der Waals surface area contributed by atoms with Crippen LogP contribution < -0.4 is 0 Å². The molecule has 1 aliphatic carbocycles. The number of hydrogen-bond acceptors (Lipinski definition) is 5. The highest BCUT2D eigenvalue weighted by molar-refractivity contribution is 5.12. The van der Waals surface area contributed by atoms with Crippen molar-refractivity contribution in [2.75, 3.05) is 13.2 Å². The standard InChI is InChI=1S/C8H14O5/c9-2-4-1-5(11)6-7(13-6)8(4,12)3-10/h4-7,9-12H,1-3H2/t4-,5+,6+,7+,8-/m1/s1. The minimum absolute atomic E-state index is 0.249. The van der Waals surface area contributed by atoms with Crippen molar-refractivity contribution >= 4 is 0 Å². The first kappa shape index (κ1) is 9.36. The van der Waals surface area contributed by atoms with Crippen molar-refractivity contribution in [3.8, 4) is 0 Å². The molecule has 0 aromatic heterocycles. The summed E-state index contributed by atoms with van der Waals surface area (Å²) in [6, 6.07) is 0. The van der Waals surface area contributed by atoms with Crippen molar-refractivity contribution in [3.63, 3.8) is 0 Å². The lowest BCUT2D eigenvalue weighted by atomic mass is 9.75. The summed E-state index contributed by atoms with van der Waals surface area (Å²) in [5.41, 5.74) is -1.38. The van der Waals surface area contributed by atoms with Gasteiger partial charge in [0.2, 0.25) is 0 Å². The van der Waals surface area contributed by atoms with Crippen LogP contribution in [0.4, 0.5) is 0 Å². The highest BCUT2D eigenvalue weighted by Gasteiger charge is 2.63. The van der Waals surface area contributed by atoms with Crippen molar-refractivity contribution in [3.05, 3.63) is 0 Å². The molecule has 0 spiro atoms. The summed E-state index contributed by atoms with van der Waals surface area (Å²) < 4.78 is 5.06. The molecule has 2 aliphatic rings. The van der Waals surface area contributed by atoms with Gasteiger partial charge in [-0.1, -0.05) is 0 Å². The summed E-state index contributed by atoms with van der Waals surface area (Å²) in [5, 5.41) is 37.3. The Morgan fingerprint density at radius 1 is 1.38 bits per heavy atom. The Labute approximate surface area is 75.6 Å². The third-order valence-electron chi connectivity index (χ3n) is 3.10. The van der Waals surface area contributed by atoms with E-state index in [2.05, 4.69) is 0 Å². The van der Waals surface area contributed by atoms with Gasteiger partial charge in [-0.3, -0.25) is 0 Å². The molecule has 1 saturated carbocycles. The molecule has 1 aliphatic heterocycles. The minimum atomic E-state index is -1.38. The predicted octanol–water partition coefficient (Wildman–Crippen LogP) is -2.15. The Morgan fingerprint density at radius 2 is 2.08 bits per heavy atom. The Balaban J connectivity index is 2.16. The van der Waals surface area contributed by atoms with Crippen molar-refractivity contribution in [1.82, 2.24) is 0 Å². The maximum Gasteiger partial charge on any atom is 0.121 e. The molecule has 76 valence electrons. The number of ether oxygens (including phenoxy) is 1. The van der Waals surface area contributed by atoms with Crippen LogP contribution in [0.2, 0.25) is 0 Å². The number of fused-ring (bicyclic) bond motifs is 1. The number of rotatable bonds is 2. The van der Waals surface area contributed by atoms with Gasteiger partial charge in [0.15, 0.2) is 0 Å². The summed E-state index contributed by atoms with van der Waals surface area (Å²) in [6.45, 7) is -0.688. The van der Waals surface area contributed by atoms with E-state index in [0.717, 1.165) is 0 Å². The van der Waals surface area contributed by atoms with Gasteiger partial charge in [0.05, 0.1) is 12.7 Å². The van der Waals surface area contributed by atoms with Crippen LogP contribution >= 0.6 is 0 Å². The van der Waals surface area contributed by atoms with Gasteiger partial charge in [0.1, 0.15) is 17.8 Å². The lowest BCUT2D eigenvalue weighted by Crippen LogP contribution is -2.54. The first-order chi connectivity index (χ1) is 6.13. The first-order valence-electron chi connectivity index (χ1n) is 4.41. The molecular formula is C8H14O5. The summed E-state index contributed by atoms with van der Waals surface area (Å²) in [4.78, 5) is 0. The first-order valence-corrected chi connectivity index (χ1v) is 4.41. The zero-order chi connectivity index (χ0) is 9.64. The van der Waals surface area contributed by atoms with Crippen molar-refractivity contribution < 1.29 is 25.2 Å². The number of hydrogen-bond donors (Lipinski definition) is 4.